The summed E-state index contributed by atoms with van der Waals surface area (Å²) in [7, 11) is 0. The first-order valence-corrected chi connectivity index (χ1v) is 5.87. The van der Waals surface area contributed by atoms with Gasteiger partial charge in [-0.25, -0.2) is 0 Å². The zero-order valence-corrected chi connectivity index (χ0v) is 10.2. The standard InChI is InChI=1S/C14H7ClF2O2/c15-14(16,17)13(18)8-5-6-12-10(7-8)9-3-1-2-4-11(9)19-12/h1-7H. The van der Waals surface area contributed by atoms with Crippen molar-refractivity contribution in [2.75, 3.05) is 0 Å². The summed E-state index contributed by atoms with van der Waals surface area (Å²) in [6.45, 7) is 0. The molecule has 2 aromatic carbocycles. The van der Waals surface area contributed by atoms with Gasteiger partial charge in [-0.05, 0) is 35.9 Å². The van der Waals surface area contributed by atoms with Crippen molar-refractivity contribution in [1.29, 1.82) is 0 Å². The van der Waals surface area contributed by atoms with Crippen LogP contribution in [-0.4, -0.2) is 11.2 Å². The largest absolute Gasteiger partial charge is 0.456 e. The molecule has 5 heteroatoms. The van der Waals surface area contributed by atoms with Gasteiger partial charge in [0.2, 0.25) is 5.78 Å². The van der Waals surface area contributed by atoms with Gasteiger partial charge in [0.15, 0.2) is 0 Å². The molecule has 0 radical (unpaired) electrons. The number of rotatable bonds is 2. The zero-order valence-electron chi connectivity index (χ0n) is 9.49. The van der Waals surface area contributed by atoms with Crippen LogP contribution in [0.5, 0.6) is 0 Å². The van der Waals surface area contributed by atoms with Gasteiger partial charge in [-0.1, -0.05) is 18.2 Å². The van der Waals surface area contributed by atoms with Gasteiger partial charge in [0.25, 0.3) is 0 Å². The summed E-state index contributed by atoms with van der Waals surface area (Å²) in [6, 6.07) is 11.3. The van der Waals surface area contributed by atoms with E-state index in [4.69, 9.17) is 16.0 Å². The molecule has 0 saturated carbocycles. The Labute approximate surface area is 111 Å². The number of carbonyl (C=O) groups is 1. The lowest BCUT2D eigenvalue weighted by molar-refractivity contribution is 0.0536. The van der Waals surface area contributed by atoms with E-state index in [1.807, 2.05) is 12.1 Å². The molecule has 19 heavy (non-hydrogen) atoms. The molecule has 0 bridgehead atoms. The smallest absolute Gasteiger partial charge is 0.384 e. The topological polar surface area (TPSA) is 30.2 Å². The molecule has 0 unspecified atom stereocenters. The van der Waals surface area contributed by atoms with E-state index in [2.05, 4.69) is 0 Å². The molecule has 1 aromatic heterocycles. The highest BCUT2D eigenvalue weighted by molar-refractivity contribution is 6.35. The molecule has 0 aliphatic carbocycles. The lowest BCUT2D eigenvalue weighted by Crippen LogP contribution is -2.21. The van der Waals surface area contributed by atoms with Gasteiger partial charge in [-0.15, -0.1) is 0 Å². The Morgan fingerprint density at radius 2 is 1.74 bits per heavy atom. The third-order valence-corrected chi connectivity index (χ3v) is 3.07. The predicted molar refractivity (Wildman–Crippen MR) is 68.9 cm³/mol. The van der Waals surface area contributed by atoms with Crippen LogP contribution in [0.4, 0.5) is 8.78 Å². The van der Waals surface area contributed by atoms with Crippen LogP contribution in [0.25, 0.3) is 21.9 Å². The van der Waals surface area contributed by atoms with E-state index in [-0.39, 0.29) is 5.56 Å². The van der Waals surface area contributed by atoms with Gasteiger partial charge < -0.3 is 4.42 Å². The molecule has 1 heterocycles. The second-order valence-corrected chi connectivity index (χ2v) is 4.61. The number of alkyl halides is 3. The van der Waals surface area contributed by atoms with Gasteiger partial charge in [-0.2, -0.15) is 8.78 Å². The average molecular weight is 281 g/mol. The highest BCUT2D eigenvalue weighted by Crippen LogP contribution is 2.31. The van der Waals surface area contributed by atoms with Crippen LogP contribution >= 0.6 is 11.6 Å². The van der Waals surface area contributed by atoms with E-state index in [1.54, 1.807) is 12.1 Å². The van der Waals surface area contributed by atoms with Crippen LogP contribution in [-0.2, 0) is 0 Å². The second kappa shape index (κ2) is 4.03. The number of ketones is 1. The summed E-state index contributed by atoms with van der Waals surface area (Å²) in [5.74, 6) is -1.42. The quantitative estimate of drug-likeness (QED) is 0.507. The number of halogens is 3. The Hall–Kier alpha value is -1.94. The van der Waals surface area contributed by atoms with Crippen LogP contribution in [0.2, 0.25) is 0 Å². The minimum Gasteiger partial charge on any atom is -0.456 e. The monoisotopic (exact) mass is 280 g/mol. The lowest BCUT2D eigenvalue weighted by Gasteiger charge is -2.05. The highest BCUT2D eigenvalue weighted by atomic mass is 35.5. The van der Waals surface area contributed by atoms with E-state index in [9.17, 15) is 13.6 Å². The Balaban J connectivity index is 2.25. The van der Waals surface area contributed by atoms with Crippen molar-refractivity contribution < 1.29 is 18.0 Å². The molecular weight excluding hydrogens is 274 g/mol. The van der Waals surface area contributed by atoms with Crippen LogP contribution in [0.1, 0.15) is 10.4 Å². The highest BCUT2D eigenvalue weighted by Gasteiger charge is 2.36. The Morgan fingerprint density at radius 1 is 1.05 bits per heavy atom. The van der Waals surface area contributed by atoms with E-state index in [0.29, 0.717) is 16.6 Å². The van der Waals surface area contributed by atoms with Crippen molar-refractivity contribution in [2.45, 2.75) is 5.38 Å². The maximum absolute atomic E-state index is 12.8. The number of benzene rings is 2. The van der Waals surface area contributed by atoms with Crippen molar-refractivity contribution in [3.05, 3.63) is 48.0 Å². The van der Waals surface area contributed by atoms with Gasteiger partial charge >= 0.3 is 5.38 Å². The van der Waals surface area contributed by atoms with Gasteiger partial charge in [0, 0.05) is 16.3 Å². The molecule has 2 nitrogen and oxygen atoms in total. The Bertz CT molecular complexity index is 787. The summed E-state index contributed by atoms with van der Waals surface area (Å²) in [5, 5.41) is -2.51. The molecule has 3 aromatic rings. The molecule has 0 saturated heterocycles. The molecule has 3 rings (SSSR count). The lowest BCUT2D eigenvalue weighted by atomic mass is 10.1. The first kappa shape index (κ1) is 12.1. The van der Waals surface area contributed by atoms with E-state index in [0.717, 1.165) is 5.39 Å². The minimum atomic E-state index is -3.90. The van der Waals surface area contributed by atoms with Gasteiger partial charge in [0.05, 0.1) is 0 Å². The summed E-state index contributed by atoms with van der Waals surface area (Å²) >= 11 is 4.76. The number of carbonyl (C=O) groups excluding carboxylic acids is 1. The van der Waals surface area contributed by atoms with Crippen LogP contribution in [0, 0.1) is 0 Å². The van der Waals surface area contributed by atoms with Crippen LogP contribution < -0.4 is 0 Å². The molecule has 0 atom stereocenters. The maximum Gasteiger partial charge on any atom is 0.384 e. The number of para-hydroxylation sites is 1. The third-order valence-electron chi connectivity index (χ3n) is 2.90. The normalized spacial score (nSPS) is 12.2. The van der Waals surface area contributed by atoms with E-state index in [1.165, 1.54) is 18.2 Å². The minimum absolute atomic E-state index is 0.140. The fraction of sp³-hybridized carbons (Fsp3) is 0.0714. The van der Waals surface area contributed by atoms with E-state index < -0.39 is 11.2 Å². The van der Waals surface area contributed by atoms with Crippen LogP contribution in [0.15, 0.2) is 46.9 Å². The van der Waals surface area contributed by atoms with Crippen molar-refractivity contribution in [1.82, 2.24) is 0 Å². The summed E-state index contributed by atoms with van der Waals surface area (Å²) in [4.78, 5) is 11.5. The Kier molecular flexibility index (Phi) is 2.57. The first-order chi connectivity index (χ1) is 8.97. The van der Waals surface area contributed by atoms with Gasteiger partial charge in [-0.3, -0.25) is 4.79 Å². The van der Waals surface area contributed by atoms with Gasteiger partial charge in [0.1, 0.15) is 11.2 Å². The molecule has 0 N–H and O–H groups in total. The molecule has 0 fully saturated rings. The Morgan fingerprint density at radius 3 is 2.47 bits per heavy atom. The summed E-state index contributed by atoms with van der Waals surface area (Å²) < 4.78 is 31.2. The molecule has 0 amide bonds. The van der Waals surface area contributed by atoms with Crippen molar-refractivity contribution >= 4 is 39.3 Å². The van der Waals surface area contributed by atoms with Crippen molar-refractivity contribution in [2.24, 2.45) is 0 Å². The summed E-state index contributed by atoms with van der Waals surface area (Å²) in [6.07, 6.45) is 0. The molecule has 0 spiro atoms. The SMILES string of the molecule is O=C(c1ccc2oc3ccccc3c2c1)C(F)(F)Cl. The molecule has 96 valence electrons. The maximum atomic E-state index is 12.8. The molecule has 0 aliphatic rings. The fourth-order valence-electron chi connectivity index (χ4n) is 2.03. The second-order valence-electron chi connectivity index (χ2n) is 4.14. The first-order valence-electron chi connectivity index (χ1n) is 5.49. The zero-order chi connectivity index (χ0) is 13.6. The number of hydrogen-bond donors (Lipinski definition) is 0. The van der Waals surface area contributed by atoms with Crippen LogP contribution in [0.3, 0.4) is 0 Å². The summed E-state index contributed by atoms with van der Waals surface area (Å²) in [5.41, 5.74) is 1.04. The number of fused-ring (bicyclic) bond motifs is 3. The number of furan rings is 1. The van der Waals surface area contributed by atoms with Crippen molar-refractivity contribution in [3.8, 4) is 0 Å². The molecular formula is C14H7ClF2O2. The predicted octanol–water partition coefficient (Wildman–Crippen LogP) is 4.60. The third kappa shape index (κ3) is 1.98. The average Bonchev–Trinajstić information content (AvgIpc) is 2.74. The number of hydrogen-bond acceptors (Lipinski definition) is 2. The number of Topliss-reactive ketones (excluding diaryl/α,β-unsaturated/α-hetero) is 1. The van der Waals surface area contributed by atoms with Crippen molar-refractivity contribution in [3.63, 3.8) is 0 Å². The fourth-order valence-corrected chi connectivity index (χ4v) is 2.14. The van der Waals surface area contributed by atoms with E-state index >= 15 is 0 Å². The molecule has 0 aliphatic heterocycles.